The number of rotatable bonds is 5. The summed E-state index contributed by atoms with van der Waals surface area (Å²) in [5.74, 6) is -2.43. The van der Waals surface area contributed by atoms with Crippen LogP contribution in [-0.2, 0) is 20.8 Å². The van der Waals surface area contributed by atoms with Gasteiger partial charge in [0.15, 0.2) is 9.84 Å². The molecule has 4 nitrogen and oxygen atoms in total. The lowest BCUT2D eigenvalue weighted by Gasteiger charge is -2.14. The average Bonchev–Trinajstić information content (AvgIpc) is 2.29. The van der Waals surface area contributed by atoms with Gasteiger partial charge in [0.25, 0.3) is 0 Å². The van der Waals surface area contributed by atoms with Crippen molar-refractivity contribution >= 4 is 33.0 Å². The Balaban J connectivity index is 2.99. The third-order valence-electron chi connectivity index (χ3n) is 2.28. The van der Waals surface area contributed by atoms with Crippen LogP contribution in [0, 0.1) is 0 Å². The molecule has 0 aromatic heterocycles. The zero-order valence-electron chi connectivity index (χ0n) is 10.6. The highest BCUT2D eigenvalue weighted by Crippen LogP contribution is 2.36. The number of amides is 1. The quantitative estimate of drug-likeness (QED) is 0.838. The number of benzene rings is 1. The van der Waals surface area contributed by atoms with Crippen LogP contribution >= 0.6 is 11.6 Å². The zero-order chi connectivity index (χ0) is 16.3. The minimum atomic E-state index is -4.73. The second-order valence-electron chi connectivity index (χ2n) is 4.08. The van der Waals surface area contributed by atoms with Gasteiger partial charge in [0.2, 0.25) is 5.91 Å². The van der Waals surface area contributed by atoms with E-state index in [9.17, 15) is 26.4 Å². The summed E-state index contributed by atoms with van der Waals surface area (Å²) >= 11 is 5.49. The van der Waals surface area contributed by atoms with E-state index >= 15 is 0 Å². The summed E-state index contributed by atoms with van der Waals surface area (Å²) in [5.41, 5.74) is -1.70. The maximum atomic E-state index is 12.8. The fourth-order valence-corrected chi connectivity index (χ4v) is 2.61. The molecule has 1 N–H and O–H groups in total. The average molecular weight is 342 g/mol. The molecule has 9 heteroatoms. The van der Waals surface area contributed by atoms with E-state index in [0.29, 0.717) is 6.07 Å². The van der Waals surface area contributed by atoms with Gasteiger partial charge in [-0.1, -0.05) is 17.7 Å². The molecule has 0 unspecified atom stereocenters. The lowest BCUT2D eigenvalue weighted by atomic mass is 10.1. The Morgan fingerprint density at radius 1 is 1.38 bits per heavy atom. The Labute approximate surface area is 124 Å². The molecule has 0 spiro atoms. The maximum absolute atomic E-state index is 12.8. The van der Waals surface area contributed by atoms with Crippen molar-refractivity contribution in [3.05, 3.63) is 41.4 Å². The van der Waals surface area contributed by atoms with Gasteiger partial charge in [0.05, 0.1) is 17.0 Å². The Hall–Kier alpha value is -1.54. The molecule has 1 amide bonds. The van der Waals surface area contributed by atoms with E-state index in [1.54, 1.807) is 0 Å². The molecule has 116 valence electrons. The molecule has 0 aliphatic carbocycles. The number of sulfone groups is 1. The van der Waals surface area contributed by atoms with Crippen LogP contribution in [0.2, 0.25) is 5.02 Å². The van der Waals surface area contributed by atoms with E-state index in [1.165, 1.54) is 0 Å². The largest absolute Gasteiger partial charge is 0.418 e. The maximum Gasteiger partial charge on any atom is 0.418 e. The Kier molecular flexibility index (Phi) is 5.41. The van der Waals surface area contributed by atoms with Crippen molar-refractivity contribution in [1.29, 1.82) is 0 Å². The SMILES string of the molecule is C=CCS(=O)(=O)CC(=O)Nc1ccc(Cl)cc1C(F)(F)F. The zero-order valence-corrected chi connectivity index (χ0v) is 12.1. The van der Waals surface area contributed by atoms with Crippen LogP contribution < -0.4 is 5.32 Å². The summed E-state index contributed by atoms with van der Waals surface area (Å²) < 4.78 is 61.2. The molecular weight excluding hydrogens is 331 g/mol. The molecular formula is C12H11ClF3NO3S. The number of carbonyl (C=O) groups excluding carboxylic acids is 1. The minimum absolute atomic E-state index is 0.153. The van der Waals surface area contributed by atoms with E-state index in [0.717, 1.165) is 18.2 Å². The van der Waals surface area contributed by atoms with Gasteiger partial charge in [0.1, 0.15) is 5.75 Å². The number of hydrogen-bond acceptors (Lipinski definition) is 3. The predicted octanol–water partition coefficient (Wildman–Crippen LogP) is 2.90. The summed E-state index contributed by atoms with van der Waals surface area (Å²) in [6, 6.07) is 2.77. The van der Waals surface area contributed by atoms with E-state index in [2.05, 4.69) is 6.58 Å². The van der Waals surface area contributed by atoms with Crippen molar-refractivity contribution in [3.63, 3.8) is 0 Å². The first-order chi connectivity index (χ1) is 9.55. The first-order valence-electron chi connectivity index (χ1n) is 5.53. The lowest BCUT2D eigenvalue weighted by molar-refractivity contribution is -0.137. The summed E-state index contributed by atoms with van der Waals surface area (Å²) in [6.45, 7) is 3.22. The molecule has 0 heterocycles. The fourth-order valence-electron chi connectivity index (χ4n) is 1.48. The van der Waals surface area contributed by atoms with Crippen molar-refractivity contribution in [2.75, 3.05) is 16.8 Å². The molecule has 21 heavy (non-hydrogen) atoms. The van der Waals surface area contributed by atoms with Gasteiger partial charge in [0, 0.05) is 5.02 Å². The van der Waals surface area contributed by atoms with E-state index in [-0.39, 0.29) is 5.02 Å². The molecule has 0 saturated heterocycles. The molecule has 0 bridgehead atoms. The monoisotopic (exact) mass is 341 g/mol. The van der Waals surface area contributed by atoms with Crippen LogP contribution in [-0.4, -0.2) is 25.8 Å². The highest BCUT2D eigenvalue weighted by atomic mass is 35.5. The van der Waals surface area contributed by atoms with Gasteiger partial charge in [-0.25, -0.2) is 8.42 Å². The highest BCUT2D eigenvalue weighted by Gasteiger charge is 2.34. The molecule has 0 atom stereocenters. The van der Waals surface area contributed by atoms with Crippen molar-refractivity contribution < 1.29 is 26.4 Å². The number of anilines is 1. The number of nitrogens with one attached hydrogen (secondary N) is 1. The normalized spacial score (nSPS) is 12.0. The van der Waals surface area contributed by atoms with E-state index in [4.69, 9.17) is 11.6 Å². The molecule has 0 saturated carbocycles. The first kappa shape index (κ1) is 17.5. The Bertz CT molecular complexity index is 656. The summed E-state index contributed by atoms with van der Waals surface area (Å²) in [5, 5.41) is 1.77. The molecule has 1 aromatic rings. The van der Waals surface area contributed by atoms with Gasteiger partial charge in [-0.15, -0.1) is 6.58 Å². The molecule has 0 fully saturated rings. The fraction of sp³-hybridized carbons (Fsp3) is 0.250. The summed E-state index contributed by atoms with van der Waals surface area (Å²) in [6.07, 6.45) is -3.64. The summed E-state index contributed by atoms with van der Waals surface area (Å²) in [7, 11) is -3.74. The van der Waals surface area contributed by atoms with Crippen molar-refractivity contribution in [2.45, 2.75) is 6.18 Å². The van der Waals surface area contributed by atoms with Gasteiger partial charge in [-0.2, -0.15) is 13.2 Å². The van der Waals surface area contributed by atoms with Crippen LogP contribution in [0.4, 0.5) is 18.9 Å². The predicted molar refractivity (Wildman–Crippen MR) is 73.9 cm³/mol. The molecule has 1 rings (SSSR count). The number of carbonyl (C=O) groups is 1. The van der Waals surface area contributed by atoms with Gasteiger partial charge in [-0.3, -0.25) is 4.79 Å². The Morgan fingerprint density at radius 2 is 2.00 bits per heavy atom. The molecule has 0 aliphatic heterocycles. The smallest absolute Gasteiger partial charge is 0.325 e. The van der Waals surface area contributed by atoms with E-state index in [1.807, 2.05) is 5.32 Å². The van der Waals surface area contributed by atoms with Gasteiger partial charge >= 0.3 is 6.18 Å². The van der Waals surface area contributed by atoms with Crippen LogP contribution in [0.1, 0.15) is 5.56 Å². The summed E-state index contributed by atoms with van der Waals surface area (Å²) in [4.78, 5) is 11.5. The van der Waals surface area contributed by atoms with Crippen LogP contribution in [0.3, 0.4) is 0 Å². The van der Waals surface area contributed by atoms with Gasteiger partial charge in [-0.05, 0) is 18.2 Å². The Morgan fingerprint density at radius 3 is 2.52 bits per heavy atom. The third kappa shape index (κ3) is 5.39. The van der Waals surface area contributed by atoms with Crippen molar-refractivity contribution in [3.8, 4) is 0 Å². The van der Waals surface area contributed by atoms with Crippen LogP contribution in [0.15, 0.2) is 30.9 Å². The number of halogens is 4. The minimum Gasteiger partial charge on any atom is -0.325 e. The number of alkyl halides is 3. The molecule has 0 aliphatic rings. The third-order valence-corrected chi connectivity index (χ3v) is 3.96. The van der Waals surface area contributed by atoms with E-state index < -0.39 is 44.7 Å². The lowest BCUT2D eigenvalue weighted by Crippen LogP contribution is -2.25. The number of hydrogen-bond donors (Lipinski definition) is 1. The molecule has 1 aromatic carbocycles. The highest BCUT2D eigenvalue weighted by molar-refractivity contribution is 7.92. The topological polar surface area (TPSA) is 63.2 Å². The van der Waals surface area contributed by atoms with Crippen molar-refractivity contribution in [1.82, 2.24) is 0 Å². The van der Waals surface area contributed by atoms with Crippen molar-refractivity contribution in [2.24, 2.45) is 0 Å². The standard InChI is InChI=1S/C12H11ClF3NO3S/c1-2-5-21(19,20)7-11(18)17-10-4-3-8(13)6-9(10)12(14,15)16/h2-4,6H,1,5,7H2,(H,17,18). The second-order valence-corrected chi connectivity index (χ2v) is 6.62. The van der Waals surface area contributed by atoms with Gasteiger partial charge < -0.3 is 5.32 Å². The second kappa shape index (κ2) is 6.48. The van der Waals surface area contributed by atoms with Crippen LogP contribution in [0.5, 0.6) is 0 Å². The molecule has 0 radical (unpaired) electrons. The van der Waals surface area contributed by atoms with Crippen LogP contribution in [0.25, 0.3) is 0 Å². The first-order valence-corrected chi connectivity index (χ1v) is 7.73.